The Labute approximate surface area is 227 Å². The van der Waals surface area contributed by atoms with E-state index in [4.69, 9.17) is 16.3 Å². The van der Waals surface area contributed by atoms with Gasteiger partial charge in [0.2, 0.25) is 0 Å². The summed E-state index contributed by atoms with van der Waals surface area (Å²) in [4.78, 5) is 35.1. The number of halogens is 4. The zero-order valence-corrected chi connectivity index (χ0v) is 21.8. The maximum Gasteiger partial charge on any atom is 0.573 e. The smallest absolute Gasteiger partial charge is 0.425 e. The molecule has 3 heterocycles. The van der Waals surface area contributed by atoms with Gasteiger partial charge in [0.15, 0.2) is 11.5 Å². The summed E-state index contributed by atoms with van der Waals surface area (Å²) < 4.78 is 49.9. The molecule has 2 aliphatic rings. The van der Waals surface area contributed by atoms with Crippen LogP contribution in [0.2, 0.25) is 5.02 Å². The number of carbonyl (C=O) groups excluding carboxylic acids is 2. The molecule has 0 radical (unpaired) electrons. The van der Waals surface area contributed by atoms with Crippen LogP contribution in [0.25, 0.3) is 0 Å². The number of fused-ring (bicyclic) bond motifs is 3. The van der Waals surface area contributed by atoms with Crippen LogP contribution in [0.15, 0.2) is 48.5 Å². The lowest BCUT2D eigenvalue weighted by Gasteiger charge is -2.25. The number of anilines is 1. The predicted molar refractivity (Wildman–Crippen MR) is 137 cm³/mol. The Morgan fingerprint density at radius 1 is 1.10 bits per heavy atom. The summed E-state index contributed by atoms with van der Waals surface area (Å²) in [5, 5.41) is 0.536. The van der Waals surface area contributed by atoms with Crippen LogP contribution in [0, 0.1) is 0 Å². The Balaban J connectivity index is 1.61. The zero-order chi connectivity index (χ0) is 27.7. The fraction of sp³-hybridized carbons (Fsp3) is 0.370. The number of aromatic nitrogens is 2. The van der Waals surface area contributed by atoms with Crippen molar-refractivity contribution in [2.75, 3.05) is 18.0 Å². The minimum Gasteiger partial charge on any atom is -0.425 e. The molecule has 5 rings (SSSR count). The third-order valence-corrected chi connectivity index (χ3v) is 6.93. The number of ether oxygens (including phenoxy) is 2. The molecule has 1 atom stereocenters. The summed E-state index contributed by atoms with van der Waals surface area (Å²) in [6, 6.07) is 11.6. The summed E-state index contributed by atoms with van der Waals surface area (Å²) in [6.07, 6.45) is -2.07. The van der Waals surface area contributed by atoms with Gasteiger partial charge in [0.1, 0.15) is 17.5 Å². The molecule has 2 amide bonds. The molecule has 2 aliphatic heterocycles. The normalized spacial score (nSPS) is 17.2. The van der Waals surface area contributed by atoms with Crippen molar-refractivity contribution >= 4 is 29.2 Å². The van der Waals surface area contributed by atoms with Crippen molar-refractivity contribution in [3.8, 4) is 17.5 Å². The maximum absolute atomic E-state index is 13.9. The van der Waals surface area contributed by atoms with Gasteiger partial charge in [0, 0.05) is 24.2 Å². The molecule has 0 spiro atoms. The number of hydrogen-bond acceptors (Lipinski definition) is 6. The van der Waals surface area contributed by atoms with E-state index in [0.717, 1.165) is 30.5 Å². The van der Waals surface area contributed by atoms with E-state index in [1.165, 1.54) is 17.0 Å². The largest absolute Gasteiger partial charge is 0.573 e. The third-order valence-electron chi connectivity index (χ3n) is 6.68. The molecular formula is C27H26ClF3N4O4. The van der Waals surface area contributed by atoms with Gasteiger partial charge < -0.3 is 14.4 Å². The van der Waals surface area contributed by atoms with E-state index in [-0.39, 0.29) is 36.5 Å². The topological polar surface area (TPSA) is 76.9 Å². The van der Waals surface area contributed by atoms with E-state index in [2.05, 4.69) is 9.72 Å². The first-order chi connectivity index (χ1) is 18.6. The first kappa shape index (κ1) is 26.9. The van der Waals surface area contributed by atoms with Gasteiger partial charge in [-0.05, 0) is 49.1 Å². The van der Waals surface area contributed by atoms with Gasteiger partial charge in [0.05, 0.1) is 6.54 Å². The average molecular weight is 563 g/mol. The van der Waals surface area contributed by atoms with Gasteiger partial charge in [-0.25, -0.2) is 0 Å². The van der Waals surface area contributed by atoms with Crippen LogP contribution >= 0.6 is 11.6 Å². The van der Waals surface area contributed by atoms with Crippen molar-refractivity contribution < 1.29 is 32.2 Å². The predicted octanol–water partition coefficient (Wildman–Crippen LogP) is 6.03. The first-order valence-corrected chi connectivity index (χ1v) is 13.0. The highest BCUT2D eigenvalue weighted by molar-refractivity contribution is 6.30. The monoisotopic (exact) mass is 562 g/mol. The van der Waals surface area contributed by atoms with Gasteiger partial charge in [-0.1, -0.05) is 43.1 Å². The van der Waals surface area contributed by atoms with E-state index in [1.807, 2.05) is 11.8 Å². The van der Waals surface area contributed by atoms with E-state index in [0.29, 0.717) is 30.2 Å². The van der Waals surface area contributed by atoms with Crippen LogP contribution < -0.4 is 14.4 Å². The quantitative estimate of drug-likeness (QED) is 0.312. The molecule has 0 N–H and O–H groups in total. The SMILES string of the molecule is CCCCN1C(=O)c2c(nc(Oc3cccc(OC(F)(F)F)c3)n2Cc2ccc(Cl)cc2)N2CCC[C@@H]2C1=O. The second kappa shape index (κ2) is 10.8. The van der Waals surface area contributed by atoms with Crippen molar-refractivity contribution in [1.82, 2.24) is 14.5 Å². The number of imidazole rings is 1. The number of unbranched alkanes of at least 4 members (excludes halogenated alkanes) is 1. The Kier molecular flexibility index (Phi) is 7.44. The number of imide groups is 1. The summed E-state index contributed by atoms with van der Waals surface area (Å²) >= 11 is 6.06. The molecule has 1 fully saturated rings. The molecule has 0 saturated carbocycles. The van der Waals surface area contributed by atoms with Gasteiger partial charge >= 0.3 is 12.4 Å². The molecule has 0 unspecified atom stereocenters. The summed E-state index contributed by atoms with van der Waals surface area (Å²) in [6.45, 7) is 2.93. The van der Waals surface area contributed by atoms with Crippen LogP contribution in [0.4, 0.5) is 19.0 Å². The molecule has 3 aromatic rings. The van der Waals surface area contributed by atoms with E-state index >= 15 is 0 Å². The molecule has 39 heavy (non-hydrogen) atoms. The lowest BCUT2D eigenvalue weighted by molar-refractivity contribution is -0.274. The third kappa shape index (κ3) is 5.68. The lowest BCUT2D eigenvalue weighted by atomic mass is 10.2. The molecule has 1 aromatic heterocycles. The van der Waals surface area contributed by atoms with Crippen LogP contribution in [0.1, 0.15) is 48.7 Å². The Morgan fingerprint density at radius 2 is 1.85 bits per heavy atom. The Morgan fingerprint density at radius 3 is 2.56 bits per heavy atom. The van der Waals surface area contributed by atoms with Crippen molar-refractivity contribution in [3.05, 3.63) is 64.8 Å². The highest BCUT2D eigenvalue weighted by Gasteiger charge is 2.45. The number of amides is 2. The second-order valence-electron chi connectivity index (χ2n) is 9.40. The maximum atomic E-state index is 13.9. The number of nitrogens with zero attached hydrogens (tertiary/aromatic N) is 4. The van der Waals surface area contributed by atoms with Crippen LogP contribution in [0.5, 0.6) is 17.5 Å². The zero-order valence-electron chi connectivity index (χ0n) is 21.1. The Hall–Kier alpha value is -3.73. The van der Waals surface area contributed by atoms with Gasteiger partial charge in [-0.15, -0.1) is 13.2 Å². The van der Waals surface area contributed by atoms with Crippen molar-refractivity contribution in [1.29, 1.82) is 0 Å². The van der Waals surface area contributed by atoms with Crippen molar-refractivity contribution in [3.63, 3.8) is 0 Å². The fourth-order valence-corrected chi connectivity index (χ4v) is 5.01. The number of carbonyl (C=O) groups is 2. The lowest BCUT2D eigenvalue weighted by Crippen LogP contribution is -2.46. The molecular weight excluding hydrogens is 537 g/mol. The molecule has 0 bridgehead atoms. The van der Waals surface area contributed by atoms with Gasteiger partial charge in [0.25, 0.3) is 11.8 Å². The molecule has 0 aliphatic carbocycles. The molecule has 206 valence electrons. The van der Waals surface area contributed by atoms with Gasteiger partial charge in [-0.3, -0.25) is 19.1 Å². The van der Waals surface area contributed by atoms with Gasteiger partial charge in [-0.2, -0.15) is 4.98 Å². The van der Waals surface area contributed by atoms with Crippen LogP contribution in [0.3, 0.4) is 0 Å². The minimum absolute atomic E-state index is 0.00268. The highest BCUT2D eigenvalue weighted by atomic mass is 35.5. The summed E-state index contributed by atoms with van der Waals surface area (Å²) in [5.41, 5.74) is 0.969. The first-order valence-electron chi connectivity index (χ1n) is 12.7. The molecule has 2 aromatic carbocycles. The van der Waals surface area contributed by atoms with E-state index in [1.54, 1.807) is 28.8 Å². The number of alkyl halides is 3. The second-order valence-corrected chi connectivity index (χ2v) is 9.84. The van der Waals surface area contributed by atoms with Crippen molar-refractivity contribution in [2.45, 2.75) is 51.6 Å². The average Bonchev–Trinajstić information content (AvgIpc) is 3.48. The van der Waals surface area contributed by atoms with E-state index in [9.17, 15) is 22.8 Å². The standard InChI is InChI=1S/C27H26ClF3N4O4/c1-2-3-13-34-24(36)21-8-5-14-33(21)23-22(25(34)37)35(16-17-9-11-18(28)12-10-17)26(32-23)38-19-6-4-7-20(15-19)39-27(29,30)31/h4,6-7,9-12,15,21H,2-3,5,8,13-14,16H2,1H3/t21-/m1/s1. The fourth-order valence-electron chi connectivity index (χ4n) is 4.88. The Bertz CT molecular complexity index is 1380. The van der Waals surface area contributed by atoms with Crippen LogP contribution in [-0.4, -0.2) is 51.8 Å². The van der Waals surface area contributed by atoms with E-state index < -0.39 is 24.1 Å². The number of hydrogen-bond donors (Lipinski definition) is 0. The highest BCUT2D eigenvalue weighted by Crippen LogP contribution is 2.38. The molecule has 1 saturated heterocycles. The number of rotatable bonds is 8. The van der Waals surface area contributed by atoms with Crippen LogP contribution in [-0.2, 0) is 11.3 Å². The summed E-state index contributed by atoms with van der Waals surface area (Å²) in [5.74, 6) is -0.825. The molecule has 12 heteroatoms. The molecule has 8 nitrogen and oxygen atoms in total. The van der Waals surface area contributed by atoms with Crippen molar-refractivity contribution in [2.24, 2.45) is 0 Å². The number of benzene rings is 2. The minimum atomic E-state index is -4.87. The summed E-state index contributed by atoms with van der Waals surface area (Å²) in [7, 11) is 0.